The van der Waals surface area contributed by atoms with Crippen molar-refractivity contribution in [1.82, 2.24) is 0 Å². The Hall–Kier alpha value is -1.04. The van der Waals surface area contributed by atoms with E-state index in [0.717, 1.165) is 11.8 Å². The van der Waals surface area contributed by atoms with Crippen LogP contribution < -0.4 is 0 Å². The SMILES string of the molecule is CC(CC1CC(=O)SC1=O)OC(=O)OC(C)(C)C. The van der Waals surface area contributed by atoms with Crippen molar-refractivity contribution in [3.8, 4) is 0 Å². The topological polar surface area (TPSA) is 69.7 Å². The van der Waals surface area contributed by atoms with Gasteiger partial charge in [-0.15, -0.1) is 0 Å². The lowest BCUT2D eigenvalue weighted by Crippen LogP contribution is -2.28. The highest BCUT2D eigenvalue weighted by Crippen LogP contribution is 2.31. The van der Waals surface area contributed by atoms with Gasteiger partial charge in [0.05, 0.1) is 0 Å². The molecule has 1 fully saturated rings. The third-order valence-corrected chi connectivity index (χ3v) is 3.19. The van der Waals surface area contributed by atoms with E-state index in [9.17, 15) is 14.4 Å². The summed E-state index contributed by atoms with van der Waals surface area (Å²) in [6.45, 7) is 6.92. The molecule has 0 aromatic heterocycles. The standard InChI is InChI=1S/C12H18O5S/c1-7(16-11(15)17-12(2,3)4)5-8-6-9(13)18-10(8)14/h7-8H,5-6H2,1-4H3. The van der Waals surface area contributed by atoms with E-state index < -0.39 is 17.9 Å². The highest BCUT2D eigenvalue weighted by atomic mass is 32.2. The van der Waals surface area contributed by atoms with E-state index in [-0.39, 0.29) is 22.6 Å². The second kappa shape index (κ2) is 5.73. The molecule has 102 valence electrons. The molecular weight excluding hydrogens is 256 g/mol. The van der Waals surface area contributed by atoms with E-state index in [1.807, 2.05) is 0 Å². The van der Waals surface area contributed by atoms with Crippen molar-refractivity contribution in [3.05, 3.63) is 0 Å². The van der Waals surface area contributed by atoms with Crippen LogP contribution in [0.4, 0.5) is 4.79 Å². The zero-order valence-electron chi connectivity index (χ0n) is 11.0. The number of hydrogen-bond donors (Lipinski definition) is 0. The molecule has 1 heterocycles. The predicted octanol–water partition coefficient (Wildman–Crippen LogP) is 2.52. The minimum Gasteiger partial charge on any atom is -0.431 e. The first-order valence-electron chi connectivity index (χ1n) is 5.81. The van der Waals surface area contributed by atoms with Crippen molar-refractivity contribution in [3.63, 3.8) is 0 Å². The summed E-state index contributed by atoms with van der Waals surface area (Å²) in [5, 5.41) is -0.255. The molecule has 0 aromatic rings. The van der Waals surface area contributed by atoms with Gasteiger partial charge in [-0.1, -0.05) is 0 Å². The fourth-order valence-corrected chi connectivity index (χ4v) is 2.44. The van der Waals surface area contributed by atoms with E-state index in [1.54, 1.807) is 27.7 Å². The molecule has 2 unspecified atom stereocenters. The first kappa shape index (κ1) is 15.0. The van der Waals surface area contributed by atoms with Gasteiger partial charge >= 0.3 is 6.16 Å². The van der Waals surface area contributed by atoms with Gasteiger partial charge in [0.1, 0.15) is 11.7 Å². The molecule has 2 atom stereocenters. The maximum Gasteiger partial charge on any atom is 0.509 e. The molecule has 0 radical (unpaired) electrons. The van der Waals surface area contributed by atoms with Crippen molar-refractivity contribution in [1.29, 1.82) is 0 Å². The van der Waals surface area contributed by atoms with Crippen LogP contribution in [-0.2, 0) is 19.1 Å². The molecule has 0 amide bonds. The summed E-state index contributed by atoms with van der Waals surface area (Å²) in [6.07, 6.45) is -0.609. The quantitative estimate of drug-likeness (QED) is 0.736. The summed E-state index contributed by atoms with van der Waals surface area (Å²) in [5.41, 5.74) is -0.605. The van der Waals surface area contributed by atoms with E-state index >= 15 is 0 Å². The zero-order chi connectivity index (χ0) is 13.9. The Bertz CT molecular complexity index is 358. The normalized spacial score (nSPS) is 21.9. The van der Waals surface area contributed by atoms with Crippen LogP contribution in [0.3, 0.4) is 0 Å². The maximum atomic E-state index is 11.4. The van der Waals surface area contributed by atoms with E-state index in [4.69, 9.17) is 9.47 Å². The van der Waals surface area contributed by atoms with Gasteiger partial charge in [-0.25, -0.2) is 4.79 Å². The summed E-state index contributed by atoms with van der Waals surface area (Å²) in [6, 6.07) is 0. The predicted molar refractivity (Wildman–Crippen MR) is 67.1 cm³/mol. The zero-order valence-corrected chi connectivity index (χ0v) is 11.8. The van der Waals surface area contributed by atoms with E-state index in [1.165, 1.54) is 0 Å². The molecule has 5 nitrogen and oxygen atoms in total. The van der Waals surface area contributed by atoms with Gasteiger partial charge in [-0.3, -0.25) is 9.59 Å². The highest BCUT2D eigenvalue weighted by molar-refractivity contribution is 8.26. The van der Waals surface area contributed by atoms with Crippen LogP contribution in [0.15, 0.2) is 0 Å². The summed E-state index contributed by atoms with van der Waals surface area (Å²) in [5.74, 6) is -0.347. The molecule has 1 aliphatic heterocycles. The molecule has 0 spiro atoms. The van der Waals surface area contributed by atoms with Crippen LogP contribution in [0.5, 0.6) is 0 Å². The molecule has 0 bridgehead atoms. The Morgan fingerprint density at radius 3 is 2.50 bits per heavy atom. The number of rotatable bonds is 3. The summed E-state index contributed by atoms with van der Waals surface area (Å²) in [4.78, 5) is 33.9. The molecule has 1 saturated heterocycles. The van der Waals surface area contributed by atoms with Gasteiger partial charge in [0.2, 0.25) is 0 Å². The second-order valence-corrected chi connectivity index (χ2v) is 6.38. The lowest BCUT2D eigenvalue weighted by molar-refractivity contribution is -0.116. The lowest BCUT2D eigenvalue weighted by Gasteiger charge is -2.21. The van der Waals surface area contributed by atoms with Crippen molar-refractivity contribution in [2.45, 2.75) is 52.2 Å². The first-order valence-corrected chi connectivity index (χ1v) is 6.63. The third-order valence-electron chi connectivity index (χ3n) is 2.26. The molecule has 18 heavy (non-hydrogen) atoms. The molecule has 1 rings (SSSR count). The second-order valence-electron chi connectivity index (χ2n) is 5.32. The Kier molecular flexibility index (Phi) is 4.78. The Balaban J connectivity index is 2.38. The van der Waals surface area contributed by atoms with Gasteiger partial charge in [-0.2, -0.15) is 0 Å². The number of ether oxygens (including phenoxy) is 2. The Morgan fingerprint density at radius 2 is 2.06 bits per heavy atom. The Labute approximate surface area is 111 Å². The van der Waals surface area contributed by atoms with Crippen LogP contribution in [0, 0.1) is 5.92 Å². The average Bonchev–Trinajstić information content (AvgIpc) is 2.40. The third kappa shape index (κ3) is 5.08. The summed E-state index contributed by atoms with van der Waals surface area (Å²) < 4.78 is 10.0. The molecule has 0 saturated carbocycles. The molecular formula is C12H18O5S. The van der Waals surface area contributed by atoms with Gasteiger partial charge in [0.15, 0.2) is 10.2 Å². The van der Waals surface area contributed by atoms with Gasteiger partial charge in [0.25, 0.3) is 0 Å². The smallest absolute Gasteiger partial charge is 0.431 e. The van der Waals surface area contributed by atoms with Crippen LogP contribution in [0.2, 0.25) is 0 Å². The minimum atomic E-state index is -0.751. The van der Waals surface area contributed by atoms with Crippen LogP contribution >= 0.6 is 11.8 Å². The minimum absolute atomic E-state index is 0.116. The summed E-state index contributed by atoms with van der Waals surface area (Å²) >= 11 is 0.750. The van der Waals surface area contributed by atoms with Crippen molar-refractivity contribution in [2.75, 3.05) is 0 Å². The number of carbonyl (C=O) groups excluding carboxylic acids is 3. The first-order chi connectivity index (χ1) is 8.17. The number of carbonyl (C=O) groups is 3. The van der Waals surface area contributed by atoms with Crippen molar-refractivity contribution < 1.29 is 23.9 Å². The van der Waals surface area contributed by atoms with Crippen molar-refractivity contribution >= 4 is 28.1 Å². The highest BCUT2D eigenvalue weighted by Gasteiger charge is 2.34. The van der Waals surface area contributed by atoms with Crippen LogP contribution in [0.25, 0.3) is 0 Å². The fraction of sp³-hybridized carbons (Fsp3) is 0.750. The van der Waals surface area contributed by atoms with Gasteiger partial charge in [-0.05, 0) is 45.9 Å². The van der Waals surface area contributed by atoms with E-state index in [2.05, 4.69) is 0 Å². The maximum absolute atomic E-state index is 11.4. The fourth-order valence-electron chi connectivity index (χ4n) is 1.59. The molecule has 0 aromatic carbocycles. The van der Waals surface area contributed by atoms with Crippen LogP contribution in [-0.4, -0.2) is 28.1 Å². The average molecular weight is 274 g/mol. The molecule has 6 heteroatoms. The van der Waals surface area contributed by atoms with Gasteiger partial charge < -0.3 is 9.47 Å². The van der Waals surface area contributed by atoms with Crippen LogP contribution in [0.1, 0.15) is 40.5 Å². The monoisotopic (exact) mass is 274 g/mol. The van der Waals surface area contributed by atoms with Gasteiger partial charge in [0, 0.05) is 12.3 Å². The van der Waals surface area contributed by atoms with Crippen molar-refractivity contribution in [2.24, 2.45) is 5.92 Å². The molecule has 0 aliphatic carbocycles. The van der Waals surface area contributed by atoms with E-state index in [0.29, 0.717) is 6.42 Å². The largest absolute Gasteiger partial charge is 0.509 e. The number of hydrogen-bond acceptors (Lipinski definition) is 6. The number of thioether (sulfide) groups is 1. The lowest BCUT2D eigenvalue weighted by atomic mass is 10.0. The Morgan fingerprint density at radius 1 is 1.44 bits per heavy atom. The molecule has 0 N–H and O–H groups in total. The molecule has 1 aliphatic rings. The summed E-state index contributed by atoms with van der Waals surface area (Å²) in [7, 11) is 0.